The molecule has 14 heteroatoms. The number of aromatic nitrogens is 4. The van der Waals surface area contributed by atoms with Crippen LogP contribution in [-0.4, -0.2) is 43.7 Å². The minimum absolute atomic E-state index is 0.0900. The van der Waals surface area contributed by atoms with Gasteiger partial charge < -0.3 is 4.42 Å². The van der Waals surface area contributed by atoms with Gasteiger partial charge in [0.15, 0.2) is 8.68 Å². The molecule has 2 amide bonds. The lowest BCUT2D eigenvalue weighted by atomic mass is 10.2. The molecule has 0 atom stereocenters. The van der Waals surface area contributed by atoms with Gasteiger partial charge >= 0.3 is 5.63 Å². The number of benzene rings is 1. The third kappa shape index (κ3) is 5.51. The summed E-state index contributed by atoms with van der Waals surface area (Å²) >= 11 is 5.12. The number of para-hydroxylation sites is 1. The maximum absolute atomic E-state index is 12.5. The van der Waals surface area contributed by atoms with Gasteiger partial charge in [-0.05, 0) is 17.9 Å². The zero-order valence-corrected chi connectivity index (χ0v) is 19.6. The molecule has 0 saturated heterocycles. The van der Waals surface area contributed by atoms with Crippen LogP contribution in [0, 0.1) is 0 Å². The number of thioether (sulfide) groups is 2. The molecule has 0 bridgehead atoms. The quantitative estimate of drug-likeness (QED) is 0.207. The maximum atomic E-state index is 12.5. The first kappa shape index (κ1) is 22.4. The van der Waals surface area contributed by atoms with Crippen molar-refractivity contribution in [2.24, 2.45) is 0 Å². The van der Waals surface area contributed by atoms with Crippen molar-refractivity contribution < 1.29 is 14.0 Å². The molecule has 2 N–H and O–H groups in total. The van der Waals surface area contributed by atoms with Crippen molar-refractivity contribution in [3.8, 4) is 0 Å². The van der Waals surface area contributed by atoms with Crippen molar-refractivity contribution in [3.63, 3.8) is 0 Å². The molecule has 164 valence electrons. The van der Waals surface area contributed by atoms with Crippen molar-refractivity contribution in [2.45, 2.75) is 15.6 Å². The van der Waals surface area contributed by atoms with E-state index in [0.717, 1.165) is 21.4 Å². The van der Waals surface area contributed by atoms with E-state index in [1.807, 2.05) is 6.92 Å². The van der Waals surface area contributed by atoms with E-state index in [1.54, 1.807) is 36.0 Å². The number of carbonyl (C=O) groups is 2. The first-order chi connectivity index (χ1) is 15.5. The molecule has 10 nitrogen and oxygen atoms in total. The molecule has 0 aliphatic carbocycles. The number of nitrogens with one attached hydrogen (secondary N) is 2. The minimum atomic E-state index is -0.742. The van der Waals surface area contributed by atoms with Crippen LogP contribution in [0.15, 0.2) is 48.2 Å². The van der Waals surface area contributed by atoms with E-state index in [9.17, 15) is 14.4 Å². The second-order valence-electron chi connectivity index (χ2n) is 5.96. The summed E-state index contributed by atoms with van der Waals surface area (Å²) in [5, 5.41) is 22.2. The molecule has 0 aliphatic heterocycles. The number of anilines is 2. The molecule has 0 spiro atoms. The Morgan fingerprint density at radius 3 is 2.44 bits per heavy atom. The highest BCUT2D eigenvalue weighted by Gasteiger charge is 2.17. The predicted molar refractivity (Wildman–Crippen MR) is 126 cm³/mol. The Labute approximate surface area is 197 Å². The molecule has 0 saturated carbocycles. The number of amides is 2. The third-order valence-electron chi connectivity index (χ3n) is 3.76. The molecule has 0 radical (unpaired) electrons. The van der Waals surface area contributed by atoms with Crippen LogP contribution in [0.25, 0.3) is 11.0 Å². The summed E-state index contributed by atoms with van der Waals surface area (Å²) in [6.45, 7) is 2.01. The van der Waals surface area contributed by atoms with E-state index in [-0.39, 0.29) is 22.4 Å². The van der Waals surface area contributed by atoms with Crippen LogP contribution in [0.1, 0.15) is 17.3 Å². The molecule has 1 aromatic carbocycles. The molecule has 32 heavy (non-hydrogen) atoms. The number of nitrogens with zero attached hydrogens (tertiary/aromatic N) is 4. The molecule has 3 heterocycles. The van der Waals surface area contributed by atoms with E-state index in [2.05, 4.69) is 31.0 Å². The molecule has 0 fully saturated rings. The average Bonchev–Trinajstić information content (AvgIpc) is 3.41. The second kappa shape index (κ2) is 10.2. The van der Waals surface area contributed by atoms with Gasteiger partial charge in [0.05, 0.1) is 5.75 Å². The van der Waals surface area contributed by atoms with E-state index in [1.165, 1.54) is 29.2 Å². The Morgan fingerprint density at radius 1 is 1.00 bits per heavy atom. The fraction of sp³-hybridized carbons (Fsp3) is 0.167. The predicted octanol–water partition coefficient (Wildman–Crippen LogP) is 3.59. The summed E-state index contributed by atoms with van der Waals surface area (Å²) in [4.78, 5) is 36.7. The standard InChI is InChI=1S/C18H14N6O4S4/c1-2-29-17-23-21-15(31-17)19-12(25)8-30-18-24-22-16(32-18)20-13(26)10-7-9-5-3-4-6-11(9)28-14(10)27/h3-7H,2,8H2,1H3,(H,19,21,25)(H,20,22,26). The summed E-state index contributed by atoms with van der Waals surface area (Å²) < 4.78 is 6.46. The number of fused-ring (bicyclic) bond motifs is 1. The van der Waals surface area contributed by atoms with Crippen LogP contribution < -0.4 is 16.3 Å². The van der Waals surface area contributed by atoms with Crippen LogP contribution in [-0.2, 0) is 4.79 Å². The first-order valence-corrected chi connectivity index (χ1v) is 12.7. The topological polar surface area (TPSA) is 140 Å². The third-order valence-corrected chi connectivity index (χ3v) is 7.59. The van der Waals surface area contributed by atoms with Gasteiger partial charge in [-0.3, -0.25) is 20.2 Å². The van der Waals surface area contributed by atoms with Crippen LogP contribution >= 0.6 is 46.2 Å². The zero-order chi connectivity index (χ0) is 22.5. The number of carbonyl (C=O) groups excluding carboxylic acids is 2. The highest BCUT2D eigenvalue weighted by atomic mass is 32.2. The smallest absolute Gasteiger partial charge is 0.349 e. The van der Waals surface area contributed by atoms with Crippen LogP contribution in [0.5, 0.6) is 0 Å². The number of rotatable bonds is 8. The Hall–Kier alpha value is -2.81. The van der Waals surface area contributed by atoms with Gasteiger partial charge in [-0.25, -0.2) is 4.79 Å². The highest BCUT2D eigenvalue weighted by molar-refractivity contribution is 8.01. The monoisotopic (exact) mass is 506 g/mol. The molecule has 0 aliphatic rings. The Morgan fingerprint density at radius 2 is 1.69 bits per heavy atom. The van der Waals surface area contributed by atoms with Gasteiger partial charge in [0.1, 0.15) is 11.1 Å². The van der Waals surface area contributed by atoms with Gasteiger partial charge in [0.2, 0.25) is 16.2 Å². The van der Waals surface area contributed by atoms with Gasteiger partial charge in [-0.15, -0.1) is 20.4 Å². The van der Waals surface area contributed by atoms with Crippen molar-refractivity contribution in [2.75, 3.05) is 22.1 Å². The molecular formula is C18H14N6O4S4. The summed E-state index contributed by atoms with van der Waals surface area (Å²) in [5.74, 6) is 0.0630. The van der Waals surface area contributed by atoms with Crippen LogP contribution in [0.4, 0.5) is 10.3 Å². The van der Waals surface area contributed by atoms with Crippen LogP contribution in [0.3, 0.4) is 0 Å². The minimum Gasteiger partial charge on any atom is -0.422 e. The van der Waals surface area contributed by atoms with E-state index in [4.69, 9.17) is 4.42 Å². The number of hydrogen-bond donors (Lipinski definition) is 2. The summed E-state index contributed by atoms with van der Waals surface area (Å²) in [6.07, 6.45) is 0. The Kier molecular flexibility index (Phi) is 7.14. The lowest BCUT2D eigenvalue weighted by Gasteiger charge is -2.01. The van der Waals surface area contributed by atoms with Gasteiger partial charge in [0, 0.05) is 5.39 Å². The molecule has 4 aromatic rings. The summed E-state index contributed by atoms with van der Waals surface area (Å²) in [7, 11) is 0. The summed E-state index contributed by atoms with van der Waals surface area (Å²) in [6, 6.07) is 8.38. The van der Waals surface area contributed by atoms with E-state index < -0.39 is 11.5 Å². The highest BCUT2D eigenvalue weighted by Crippen LogP contribution is 2.27. The van der Waals surface area contributed by atoms with Gasteiger partial charge in [-0.2, -0.15) is 0 Å². The lowest BCUT2D eigenvalue weighted by Crippen LogP contribution is -2.20. The summed E-state index contributed by atoms with van der Waals surface area (Å²) in [5.41, 5.74) is -0.477. The fourth-order valence-electron chi connectivity index (χ4n) is 2.43. The largest absolute Gasteiger partial charge is 0.422 e. The van der Waals surface area contributed by atoms with Crippen molar-refractivity contribution in [3.05, 3.63) is 46.3 Å². The molecule has 0 unspecified atom stereocenters. The fourth-order valence-corrected chi connectivity index (χ4v) is 5.64. The molecule has 4 rings (SSSR count). The van der Waals surface area contributed by atoms with Gasteiger partial charge in [-0.1, -0.05) is 71.3 Å². The Bertz CT molecular complexity index is 1330. The van der Waals surface area contributed by atoms with E-state index in [0.29, 0.717) is 20.4 Å². The first-order valence-electron chi connectivity index (χ1n) is 9.08. The Balaban J connectivity index is 1.33. The van der Waals surface area contributed by atoms with Crippen LogP contribution in [0.2, 0.25) is 0 Å². The lowest BCUT2D eigenvalue weighted by molar-refractivity contribution is -0.113. The zero-order valence-electron chi connectivity index (χ0n) is 16.4. The SMILES string of the molecule is CCSc1nnc(NC(=O)CSc2nnc(NC(=O)c3cc4ccccc4oc3=O)s2)s1. The molecular weight excluding hydrogens is 493 g/mol. The van der Waals surface area contributed by atoms with Gasteiger partial charge in [0.25, 0.3) is 5.91 Å². The normalized spacial score (nSPS) is 10.9. The second-order valence-corrected chi connectivity index (χ2v) is 10.6. The average molecular weight is 507 g/mol. The van der Waals surface area contributed by atoms with Crippen molar-refractivity contribution in [1.29, 1.82) is 0 Å². The molecule has 3 aromatic heterocycles. The van der Waals surface area contributed by atoms with Crippen molar-refractivity contribution in [1.82, 2.24) is 20.4 Å². The van der Waals surface area contributed by atoms with Crippen molar-refractivity contribution >= 4 is 79.2 Å². The number of hydrogen-bond acceptors (Lipinski definition) is 12. The van der Waals surface area contributed by atoms with E-state index >= 15 is 0 Å². The maximum Gasteiger partial charge on any atom is 0.349 e.